The quantitative estimate of drug-likeness (QED) is 0.536. The Labute approximate surface area is 77.3 Å². The molecule has 0 amide bonds. The molecule has 1 atom stereocenters. The van der Waals surface area contributed by atoms with Crippen LogP contribution in [0.3, 0.4) is 0 Å². The van der Waals surface area contributed by atoms with Crippen molar-refractivity contribution in [2.75, 3.05) is 0 Å². The number of aldehydes is 1. The Hall–Kier alpha value is -1.39. The summed E-state index contributed by atoms with van der Waals surface area (Å²) in [7, 11) is 0. The molecular formula is C9H6F4O. The van der Waals surface area contributed by atoms with Crippen LogP contribution in [0.1, 0.15) is 22.1 Å². The van der Waals surface area contributed by atoms with Crippen LogP contribution in [0.15, 0.2) is 24.3 Å². The second-order valence-corrected chi connectivity index (χ2v) is 2.69. The number of alkyl halides is 4. The highest BCUT2D eigenvalue weighted by molar-refractivity contribution is 5.74. The summed E-state index contributed by atoms with van der Waals surface area (Å²) in [6, 6.07) is 4.38. The summed E-state index contributed by atoms with van der Waals surface area (Å²) in [5.41, 5.74) is -0.531. The molecule has 1 aromatic carbocycles. The topological polar surface area (TPSA) is 17.1 Å². The first-order valence-electron chi connectivity index (χ1n) is 3.71. The molecule has 0 aliphatic rings. The van der Waals surface area contributed by atoms with Gasteiger partial charge in [-0.2, -0.15) is 13.2 Å². The molecule has 0 N–H and O–H groups in total. The van der Waals surface area contributed by atoms with Crippen molar-refractivity contribution in [3.63, 3.8) is 0 Å². The summed E-state index contributed by atoms with van der Waals surface area (Å²) in [4.78, 5) is 10.2. The van der Waals surface area contributed by atoms with Gasteiger partial charge in [0.05, 0.1) is 0 Å². The van der Waals surface area contributed by atoms with E-state index in [1.165, 1.54) is 12.1 Å². The lowest BCUT2D eigenvalue weighted by Gasteiger charge is -2.12. The molecule has 76 valence electrons. The van der Waals surface area contributed by atoms with Crippen LogP contribution in [-0.2, 0) is 0 Å². The molecule has 0 saturated carbocycles. The maximum Gasteiger partial charge on any atom is 0.423 e. The average molecular weight is 206 g/mol. The van der Waals surface area contributed by atoms with Crippen molar-refractivity contribution in [1.82, 2.24) is 0 Å². The number of benzene rings is 1. The maximum atomic E-state index is 12.7. The Morgan fingerprint density at radius 3 is 2.43 bits per heavy atom. The maximum absolute atomic E-state index is 12.7. The molecule has 0 bridgehead atoms. The Morgan fingerprint density at radius 2 is 1.93 bits per heavy atom. The van der Waals surface area contributed by atoms with Gasteiger partial charge in [0, 0.05) is 5.56 Å². The predicted molar refractivity (Wildman–Crippen MR) is 41.7 cm³/mol. The Kier molecular flexibility index (Phi) is 2.88. The van der Waals surface area contributed by atoms with Crippen molar-refractivity contribution in [1.29, 1.82) is 0 Å². The zero-order valence-electron chi connectivity index (χ0n) is 6.88. The lowest BCUT2D eigenvalue weighted by atomic mass is 10.1. The highest BCUT2D eigenvalue weighted by Crippen LogP contribution is 2.35. The van der Waals surface area contributed by atoms with Crippen molar-refractivity contribution in [2.45, 2.75) is 12.3 Å². The van der Waals surface area contributed by atoms with Gasteiger partial charge in [-0.15, -0.1) is 0 Å². The van der Waals surface area contributed by atoms with Crippen LogP contribution in [0, 0.1) is 0 Å². The van der Waals surface area contributed by atoms with E-state index in [1.807, 2.05) is 0 Å². The van der Waals surface area contributed by atoms with E-state index >= 15 is 0 Å². The van der Waals surface area contributed by atoms with Crippen molar-refractivity contribution < 1.29 is 22.4 Å². The van der Waals surface area contributed by atoms with Crippen LogP contribution in [0.2, 0.25) is 0 Å². The van der Waals surface area contributed by atoms with Gasteiger partial charge >= 0.3 is 6.18 Å². The molecular weight excluding hydrogens is 200 g/mol. The molecule has 0 fully saturated rings. The summed E-state index contributed by atoms with van der Waals surface area (Å²) in [6.45, 7) is 0. The number of hydrogen-bond acceptors (Lipinski definition) is 1. The zero-order chi connectivity index (χ0) is 10.8. The Bertz CT molecular complexity index is 332. The second kappa shape index (κ2) is 3.77. The molecule has 0 heterocycles. The minimum absolute atomic E-state index is 0.0226. The fourth-order valence-electron chi connectivity index (χ4n) is 0.979. The third kappa shape index (κ3) is 2.31. The van der Waals surface area contributed by atoms with Crippen LogP contribution in [-0.4, -0.2) is 12.5 Å². The van der Waals surface area contributed by atoms with E-state index in [2.05, 4.69) is 0 Å². The summed E-state index contributed by atoms with van der Waals surface area (Å²) < 4.78 is 48.4. The van der Waals surface area contributed by atoms with Gasteiger partial charge in [-0.3, -0.25) is 4.79 Å². The largest absolute Gasteiger partial charge is 0.423 e. The lowest BCUT2D eigenvalue weighted by Crippen LogP contribution is -2.16. The van der Waals surface area contributed by atoms with E-state index in [0.717, 1.165) is 12.1 Å². The highest BCUT2D eigenvalue weighted by atomic mass is 19.4. The van der Waals surface area contributed by atoms with Gasteiger partial charge < -0.3 is 0 Å². The molecule has 1 nitrogen and oxygen atoms in total. The van der Waals surface area contributed by atoms with Crippen molar-refractivity contribution in [3.8, 4) is 0 Å². The van der Waals surface area contributed by atoms with E-state index < -0.39 is 17.9 Å². The first kappa shape index (κ1) is 10.7. The smallest absolute Gasteiger partial charge is 0.298 e. The van der Waals surface area contributed by atoms with Crippen molar-refractivity contribution >= 4 is 6.29 Å². The van der Waals surface area contributed by atoms with Gasteiger partial charge in [-0.05, 0) is 11.6 Å². The van der Waals surface area contributed by atoms with E-state index in [4.69, 9.17) is 0 Å². The summed E-state index contributed by atoms with van der Waals surface area (Å²) in [5, 5.41) is 0. The molecule has 0 aliphatic carbocycles. The molecule has 1 unspecified atom stereocenters. The SMILES string of the molecule is O=Cc1cccc(C(F)C(F)(F)F)c1. The standard InChI is InChI=1S/C9H6F4O/c10-8(9(11,12)13)7-3-1-2-6(4-7)5-14/h1-5,8H. The molecule has 0 aliphatic heterocycles. The number of hydrogen-bond donors (Lipinski definition) is 0. The van der Waals surface area contributed by atoms with Crippen LogP contribution in [0.4, 0.5) is 17.6 Å². The summed E-state index contributed by atoms with van der Waals surface area (Å²) in [5.74, 6) is 0. The molecule has 14 heavy (non-hydrogen) atoms. The summed E-state index contributed by atoms with van der Waals surface area (Å²) >= 11 is 0. The number of halogens is 4. The fraction of sp³-hybridized carbons (Fsp3) is 0.222. The molecule has 0 radical (unpaired) electrons. The number of carbonyl (C=O) groups is 1. The monoisotopic (exact) mass is 206 g/mol. The molecule has 0 aromatic heterocycles. The van der Waals surface area contributed by atoms with Gasteiger partial charge in [0.1, 0.15) is 6.29 Å². The van der Waals surface area contributed by atoms with Gasteiger partial charge in [0.15, 0.2) is 0 Å². The second-order valence-electron chi connectivity index (χ2n) is 2.69. The third-order valence-corrected chi connectivity index (χ3v) is 1.63. The van der Waals surface area contributed by atoms with Crippen molar-refractivity contribution in [2.24, 2.45) is 0 Å². The lowest BCUT2D eigenvalue weighted by molar-refractivity contribution is -0.182. The van der Waals surface area contributed by atoms with Gasteiger partial charge in [-0.1, -0.05) is 18.2 Å². The first-order chi connectivity index (χ1) is 6.45. The molecule has 5 heteroatoms. The highest BCUT2D eigenvalue weighted by Gasteiger charge is 2.41. The normalized spacial score (nSPS) is 13.7. The number of rotatable bonds is 2. The Balaban J connectivity index is 3.01. The molecule has 0 saturated heterocycles. The van der Waals surface area contributed by atoms with Crippen LogP contribution >= 0.6 is 0 Å². The number of carbonyl (C=O) groups excluding carboxylic acids is 1. The minimum atomic E-state index is -4.93. The summed E-state index contributed by atoms with van der Waals surface area (Å²) in [6.07, 6.45) is -7.60. The van der Waals surface area contributed by atoms with Crippen molar-refractivity contribution in [3.05, 3.63) is 35.4 Å². The molecule has 0 spiro atoms. The Morgan fingerprint density at radius 1 is 1.29 bits per heavy atom. The minimum Gasteiger partial charge on any atom is -0.298 e. The van der Waals surface area contributed by atoms with E-state index in [9.17, 15) is 22.4 Å². The van der Waals surface area contributed by atoms with Crippen LogP contribution in [0.25, 0.3) is 0 Å². The van der Waals surface area contributed by atoms with Gasteiger partial charge in [-0.25, -0.2) is 4.39 Å². The average Bonchev–Trinajstić information content (AvgIpc) is 2.15. The predicted octanol–water partition coefficient (Wildman–Crippen LogP) is 3.07. The fourth-order valence-corrected chi connectivity index (χ4v) is 0.979. The van der Waals surface area contributed by atoms with Crippen LogP contribution < -0.4 is 0 Å². The van der Waals surface area contributed by atoms with E-state index in [1.54, 1.807) is 0 Å². The van der Waals surface area contributed by atoms with Gasteiger partial charge in [0.25, 0.3) is 0 Å². The molecule has 1 aromatic rings. The van der Waals surface area contributed by atoms with Crippen LogP contribution in [0.5, 0.6) is 0 Å². The first-order valence-corrected chi connectivity index (χ1v) is 3.71. The third-order valence-electron chi connectivity index (χ3n) is 1.63. The zero-order valence-corrected chi connectivity index (χ0v) is 6.88. The molecule has 1 rings (SSSR count). The van der Waals surface area contributed by atoms with Gasteiger partial charge in [0.2, 0.25) is 6.17 Å². The van der Waals surface area contributed by atoms with E-state index in [-0.39, 0.29) is 5.56 Å². The van der Waals surface area contributed by atoms with E-state index in [0.29, 0.717) is 6.29 Å².